The van der Waals surface area contributed by atoms with Crippen LogP contribution < -0.4 is 0 Å². The van der Waals surface area contributed by atoms with Crippen LogP contribution in [0.3, 0.4) is 0 Å². The molecule has 5 heteroatoms. The van der Waals surface area contributed by atoms with Gasteiger partial charge in [0.1, 0.15) is 11.2 Å². The fourth-order valence-corrected chi connectivity index (χ4v) is 10.1. The Bertz CT molecular complexity index is 3570. The average molecular weight is 810 g/mol. The molecule has 0 saturated carbocycles. The van der Waals surface area contributed by atoms with Gasteiger partial charge in [-0.1, -0.05) is 182 Å². The Morgan fingerprint density at radius 1 is 0.387 bits per heavy atom. The Morgan fingerprint density at radius 2 is 0.935 bits per heavy atom. The van der Waals surface area contributed by atoms with Crippen molar-refractivity contribution in [2.45, 2.75) is 0 Å². The highest BCUT2D eigenvalue weighted by atomic mass is 32.1. The van der Waals surface area contributed by atoms with Crippen molar-refractivity contribution >= 4 is 54.3 Å². The van der Waals surface area contributed by atoms with E-state index in [-0.39, 0.29) is 0 Å². The molecule has 0 aliphatic rings. The molecule has 12 aromatic rings. The number of aromatic nitrogens is 3. The molecule has 0 aliphatic carbocycles. The fourth-order valence-electron chi connectivity index (χ4n) is 8.77. The second-order valence-corrected chi connectivity index (χ2v) is 16.5. The van der Waals surface area contributed by atoms with Gasteiger partial charge in [0.25, 0.3) is 0 Å². The molecule has 0 radical (unpaired) electrons. The third kappa shape index (κ3) is 6.18. The molecule has 4 heterocycles. The Hall–Kier alpha value is -7.99. The predicted molar refractivity (Wildman–Crippen MR) is 258 cm³/mol. The number of hydrogen-bond donors (Lipinski definition) is 0. The van der Waals surface area contributed by atoms with Gasteiger partial charge in [0, 0.05) is 59.8 Å². The molecule has 0 atom stereocenters. The minimum Gasteiger partial charge on any atom is -0.455 e. The van der Waals surface area contributed by atoms with Gasteiger partial charge < -0.3 is 4.42 Å². The first-order valence-electron chi connectivity index (χ1n) is 20.8. The minimum absolute atomic E-state index is 0.697. The van der Waals surface area contributed by atoms with Crippen LogP contribution in [0.1, 0.15) is 0 Å². The Balaban J connectivity index is 1.07. The van der Waals surface area contributed by atoms with E-state index < -0.39 is 0 Å². The van der Waals surface area contributed by atoms with Crippen LogP contribution in [0.2, 0.25) is 0 Å². The lowest BCUT2D eigenvalue weighted by Crippen LogP contribution is -1.96. The number of benzene rings is 8. The van der Waals surface area contributed by atoms with E-state index in [0.717, 1.165) is 110 Å². The summed E-state index contributed by atoms with van der Waals surface area (Å²) >= 11 is 1.81. The summed E-state index contributed by atoms with van der Waals surface area (Å²) < 4.78 is 7.92. The summed E-state index contributed by atoms with van der Waals surface area (Å²) in [6.07, 6.45) is 0. The van der Waals surface area contributed by atoms with E-state index in [1.54, 1.807) is 11.3 Å². The van der Waals surface area contributed by atoms with Crippen LogP contribution in [0.4, 0.5) is 0 Å². The minimum atomic E-state index is 0.697. The number of thiophene rings is 1. The second kappa shape index (κ2) is 14.9. The molecule has 0 amide bonds. The zero-order chi connectivity index (χ0) is 41.0. The van der Waals surface area contributed by atoms with E-state index in [1.165, 1.54) is 5.39 Å². The summed E-state index contributed by atoms with van der Waals surface area (Å²) in [4.78, 5) is 16.7. The van der Waals surface area contributed by atoms with Crippen LogP contribution in [0.25, 0.3) is 121 Å². The standard InChI is InChI=1S/C57H35N3OS/c1-4-17-36(18-5-1)48-35-49(60-57(59-48)38-21-8-3-9-22-38)41-25-14-23-39(33-41)40-24-15-26-42(34-40)55-52(46-30-16-29-44-43-27-11-13-32-50(43)61-54(44)46)51-45-28-10-12-31-47(45)58-53(56(51)62-55)37-19-6-2-7-20-37/h1-35H. The average Bonchev–Trinajstić information content (AvgIpc) is 3.95. The molecule has 0 spiro atoms. The largest absolute Gasteiger partial charge is 0.455 e. The fraction of sp³-hybridized carbons (Fsp3) is 0. The number of hydrogen-bond acceptors (Lipinski definition) is 5. The van der Waals surface area contributed by atoms with Crippen molar-refractivity contribution in [3.05, 3.63) is 212 Å². The zero-order valence-corrected chi connectivity index (χ0v) is 34.2. The van der Waals surface area contributed by atoms with Crippen molar-refractivity contribution in [3.63, 3.8) is 0 Å². The third-order valence-electron chi connectivity index (χ3n) is 11.7. The Kier molecular flexibility index (Phi) is 8.65. The molecule has 0 saturated heterocycles. The van der Waals surface area contributed by atoms with Crippen molar-refractivity contribution in [3.8, 4) is 77.9 Å². The van der Waals surface area contributed by atoms with E-state index in [4.69, 9.17) is 19.4 Å². The normalized spacial score (nSPS) is 11.5. The summed E-state index contributed by atoms with van der Waals surface area (Å²) in [6, 6.07) is 74.2. The smallest absolute Gasteiger partial charge is 0.160 e. The van der Waals surface area contributed by atoms with Crippen molar-refractivity contribution in [1.29, 1.82) is 0 Å². The third-order valence-corrected chi connectivity index (χ3v) is 12.9. The van der Waals surface area contributed by atoms with Gasteiger partial charge in [0.15, 0.2) is 5.82 Å². The van der Waals surface area contributed by atoms with Crippen LogP contribution in [0.5, 0.6) is 0 Å². The van der Waals surface area contributed by atoms with E-state index >= 15 is 0 Å². The molecular weight excluding hydrogens is 775 g/mol. The molecule has 290 valence electrons. The summed E-state index contributed by atoms with van der Waals surface area (Å²) in [5.74, 6) is 0.697. The van der Waals surface area contributed by atoms with Gasteiger partial charge >= 0.3 is 0 Å². The summed E-state index contributed by atoms with van der Waals surface area (Å²) in [7, 11) is 0. The van der Waals surface area contributed by atoms with Crippen LogP contribution in [0.15, 0.2) is 217 Å². The molecule has 62 heavy (non-hydrogen) atoms. The highest BCUT2D eigenvalue weighted by molar-refractivity contribution is 7.23. The van der Waals surface area contributed by atoms with Crippen molar-refractivity contribution < 1.29 is 4.42 Å². The first-order valence-corrected chi connectivity index (χ1v) is 21.6. The van der Waals surface area contributed by atoms with Crippen LogP contribution >= 0.6 is 11.3 Å². The molecule has 8 aromatic carbocycles. The first-order chi connectivity index (χ1) is 30.7. The maximum atomic E-state index is 6.77. The molecule has 0 fully saturated rings. The van der Waals surface area contributed by atoms with Gasteiger partial charge in [-0.3, -0.25) is 0 Å². The lowest BCUT2D eigenvalue weighted by atomic mass is 9.93. The van der Waals surface area contributed by atoms with E-state index in [2.05, 4.69) is 170 Å². The van der Waals surface area contributed by atoms with Gasteiger partial charge in [-0.15, -0.1) is 11.3 Å². The van der Waals surface area contributed by atoms with Gasteiger partial charge in [-0.25, -0.2) is 15.0 Å². The maximum Gasteiger partial charge on any atom is 0.160 e. The maximum absolute atomic E-state index is 6.77. The summed E-state index contributed by atoms with van der Waals surface area (Å²) in [5, 5.41) is 4.51. The molecule has 12 rings (SSSR count). The molecule has 0 unspecified atom stereocenters. The van der Waals surface area contributed by atoms with Crippen molar-refractivity contribution in [2.75, 3.05) is 0 Å². The molecule has 0 aliphatic heterocycles. The number of nitrogens with zero attached hydrogens (tertiary/aromatic N) is 3. The number of rotatable bonds is 7. The second-order valence-electron chi connectivity index (χ2n) is 15.5. The number of pyridine rings is 1. The first kappa shape index (κ1) is 35.9. The summed E-state index contributed by atoms with van der Waals surface area (Å²) in [5.41, 5.74) is 15.2. The predicted octanol–water partition coefficient (Wildman–Crippen LogP) is 15.8. The molecule has 0 N–H and O–H groups in total. The molecular formula is C57H35N3OS. The number of fused-ring (bicyclic) bond motifs is 6. The molecule has 4 aromatic heterocycles. The van der Waals surface area contributed by atoms with Crippen LogP contribution in [-0.4, -0.2) is 15.0 Å². The van der Waals surface area contributed by atoms with Gasteiger partial charge in [-0.05, 0) is 47.0 Å². The topological polar surface area (TPSA) is 51.8 Å². The highest BCUT2D eigenvalue weighted by Gasteiger charge is 2.25. The Morgan fingerprint density at radius 3 is 1.69 bits per heavy atom. The SMILES string of the molecule is c1ccc(-c2cc(-c3cccc(-c4cccc(-c5sc6c(-c7ccccc7)nc7ccccc7c6c5-c5cccc6c5oc5ccccc56)c4)c3)nc(-c3ccccc3)n2)cc1. The monoisotopic (exact) mass is 809 g/mol. The summed E-state index contributed by atoms with van der Waals surface area (Å²) in [6.45, 7) is 0. The van der Waals surface area contributed by atoms with Crippen LogP contribution in [-0.2, 0) is 0 Å². The van der Waals surface area contributed by atoms with Gasteiger partial charge in [-0.2, -0.15) is 0 Å². The van der Waals surface area contributed by atoms with Gasteiger partial charge in [0.2, 0.25) is 0 Å². The highest BCUT2D eigenvalue weighted by Crippen LogP contribution is 2.52. The van der Waals surface area contributed by atoms with E-state index in [9.17, 15) is 0 Å². The number of para-hydroxylation sites is 3. The lowest BCUT2D eigenvalue weighted by molar-refractivity contribution is 0.670. The van der Waals surface area contributed by atoms with Crippen molar-refractivity contribution in [2.24, 2.45) is 0 Å². The van der Waals surface area contributed by atoms with Crippen LogP contribution in [0, 0.1) is 0 Å². The van der Waals surface area contributed by atoms with E-state index in [0.29, 0.717) is 5.82 Å². The quantitative estimate of drug-likeness (QED) is 0.161. The van der Waals surface area contributed by atoms with Crippen molar-refractivity contribution in [1.82, 2.24) is 15.0 Å². The van der Waals surface area contributed by atoms with Gasteiger partial charge in [0.05, 0.1) is 27.3 Å². The lowest BCUT2D eigenvalue weighted by Gasteiger charge is -2.12. The molecule has 0 bridgehead atoms. The molecule has 4 nitrogen and oxygen atoms in total. The number of furan rings is 1. The Labute approximate surface area is 362 Å². The van der Waals surface area contributed by atoms with E-state index in [1.807, 2.05) is 42.5 Å². The zero-order valence-electron chi connectivity index (χ0n) is 33.4.